The predicted octanol–water partition coefficient (Wildman–Crippen LogP) is 1.00. The molecule has 1 rings (SSSR count). The third kappa shape index (κ3) is 4.40. The van der Waals surface area contributed by atoms with Crippen LogP contribution in [-0.2, 0) is 4.74 Å². The quantitative estimate of drug-likeness (QED) is 0.602. The SMILES string of the molecule is CCNCCCNCC1OCCC1C. The van der Waals surface area contributed by atoms with E-state index in [0.717, 1.165) is 38.7 Å². The molecule has 84 valence electrons. The molecule has 2 unspecified atom stereocenters. The lowest BCUT2D eigenvalue weighted by Gasteiger charge is -2.15. The van der Waals surface area contributed by atoms with Gasteiger partial charge in [0.1, 0.15) is 0 Å². The van der Waals surface area contributed by atoms with E-state index in [1.165, 1.54) is 12.8 Å². The molecule has 1 fully saturated rings. The fourth-order valence-electron chi connectivity index (χ4n) is 1.78. The maximum Gasteiger partial charge on any atom is 0.0725 e. The van der Waals surface area contributed by atoms with Crippen LogP contribution in [0.4, 0.5) is 0 Å². The van der Waals surface area contributed by atoms with Crippen LogP contribution in [0.5, 0.6) is 0 Å². The second-order valence-corrected chi connectivity index (χ2v) is 4.09. The normalized spacial score (nSPS) is 27.0. The van der Waals surface area contributed by atoms with Crippen molar-refractivity contribution in [2.45, 2.75) is 32.8 Å². The summed E-state index contributed by atoms with van der Waals surface area (Å²) in [7, 11) is 0. The molecule has 3 heteroatoms. The molecule has 0 aromatic rings. The Labute approximate surface area is 87.6 Å². The number of ether oxygens (including phenoxy) is 1. The first-order valence-corrected chi connectivity index (χ1v) is 5.87. The van der Waals surface area contributed by atoms with Crippen molar-refractivity contribution in [1.82, 2.24) is 10.6 Å². The van der Waals surface area contributed by atoms with Gasteiger partial charge in [0.15, 0.2) is 0 Å². The molecule has 2 atom stereocenters. The summed E-state index contributed by atoms with van der Waals surface area (Å²) in [6, 6.07) is 0. The highest BCUT2D eigenvalue weighted by molar-refractivity contribution is 4.74. The molecule has 3 nitrogen and oxygen atoms in total. The molecule has 0 aromatic heterocycles. The summed E-state index contributed by atoms with van der Waals surface area (Å²) in [6.45, 7) is 9.67. The monoisotopic (exact) mass is 200 g/mol. The Morgan fingerprint density at radius 3 is 2.71 bits per heavy atom. The summed E-state index contributed by atoms with van der Waals surface area (Å²) >= 11 is 0. The first-order valence-electron chi connectivity index (χ1n) is 5.87. The van der Waals surface area contributed by atoms with Crippen LogP contribution in [0, 0.1) is 5.92 Å². The zero-order chi connectivity index (χ0) is 10.2. The van der Waals surface area contributed by atoms with Gasteiger partial charge in [0.2, 0.25) is 0 Å². The van der Waals surface area contributed by atoms with Crippen molar-refractivity contribution in [2.75, 3.05) is 32.8 Å². The third-order valence-corrected chi connectivity index (χ3v) is 2.84. The minimum atomic E-state index is 0.453. The molecule has 0 aliphatic carbocycles. The minimum Gasteiger partial charge on any atom is -0.377 e. The molecule has 0 radical (unpaired) electrons. The van der Waals surface area contributed by atoms with Crippen molar-refractivity contribution in [3.05, 3.63) is 0 Å². The second-order valence-electron chi connectivity index (χ2n) is 4.09. The van der Waals surface area contributed by atoms with Gasteiger partial charge in [-0.05, 0) is 38.4 Å². The van der Waals surface area contributed by atoms with Crippen LogP contribution < -0.4 is 10.6 Å². The Balaban J connectivity index is 1.88. The fraction of sp³-hybridized carbons (Fsp3) is 1.00. The maximum atomic E-state index is 5.61. The van der Waals surface area contributed by atoms with E-state index in [0.29, 0.717) is 6.10 Å². The van der Waals surface area contributed by atoms with Crippen molar-refractivity contribution in [3.8, 4) is 0 Å². The van der Waals surface area contributed by atoms with Crippen molar-refractivity contribution in [2.24, 2.45) is 5.92 Å². The predicted molar refractivity (Wildman–Crippen MR) is 59.6 cm³/mol. The summed E-state index contributed by atoms with van der Waals surface area (Å²) in [4.78, 5) is 0. The molecular formula is C11H24N2O. The van der Waals surface area contributed by atoms with E-state index in [4.69, 9.17) is 4.74 Å². The van der Waals surface area contributed by atoms with Crippen molar-refractivity contribution >= 4 is 0 Å². The highest BCUT2D eigenvalue weighted by Crippen LogP contribution is 2.18. The van der Waals surface area contributed by atoms with Gasteiger partial charge in [-0.1, -0.05) is 13.8 Å². The Morgan fingerprint density at radius 2 is 2.07 bits per heavy atom. The van der Waals surface area contributed by atoms with E-state index >= 15 is 0 Å². The Kier molecular flexibility index (Phi) is 6.15. The average Bonchev–Trinajstić information content (AvgIpc) is 2.58. The lowest BCUT2D eigenvalue weighted by molar-refractivity contribution is 0.0935. The van der Waals surface area contributed by atoms with Gasteiger partial charge in [0.25, 0.3) is 0 Å². The van der Waals surface area contributed by atoms with Gasteiger partial charge in [-0.2, -0.15) is 0 Å². The maximum absolute atomic E-state index is 5.61. The number of hydrogen-bond acceptors (Lipinski definition) is 3. The number of rotatable bonds is 7. The zero-order valence-corrected chi connectivity index (χ0v) is 9.51. The molecule has 0 aromatic carbocycles. The Morgan fingerprint density at radius 1 is 1.29 bits per heavy atom. The van der Waals surface area contributed by atoms with Gasteiger partial charge in [-0.25, -0.2) is 0 Å². The molecule has 1 saturated heterocycles. The van der Waals surface area contributed by atoms with Gasteiger partial charge in [-0.15, -0.1) is 0 Å². The molecular weight excluding hydrogens is 176 g/mol. The second kappa shape index (κ2) is 7.21. The molecule has 2 N–H and O–H groups in total. The molecule has 1 aliphatic heterocycles. The van der Waals surface area contributed by atoms with Crippen molar-refractivity contribution in [1.29, 1.82) is 0 Å². The summed E-state index contributed by atoms with van der Waals surface area (Å²) in [5.74, 6) is 0.733. The van der Waals surface area contributed by atoms with E-state index in [-0.39, 0.29) is 0 Å². The van der Waals surface area contributed by atoms with Gasteiger partial charge in [-0.3, -0.25) is 0 Å². The van der Waals surface area contributed by atoms with Crippen LogP contribution in [0.2, 0.25) is 0 Å². The Bertz CT molecular complexity index is 141. The van der Waals surface area contributed by atoms with Crippen LogP contribution in [0.25, 0.3) is 0 Å². The van der Waals surface area contributed by atoms with Crippen LogP contribution in [0.3, 0.4) is 0 Å². The summed E-state index contributed by atoms with van der Waals surface area (Å²) < 4.78 is 5.61. The van der Waals surface area contributed by atoms with E-state index < -0.39 is 0 Å². The zero-order valence-electron chi connectivity index (χ0n) is 9.51. The number of nitrogens with one attached hydrogen (secondary N) is 2. The standard InChI is InChI=1S/C11H24N2O/c1-3-12-6-4-7-13-9-11-10(2)5-8-14-11/h10-13H,3-9H2,1-2H3. The molecule has 1 heterocycles. The molecule has 0 amide bonds. The smallest absolute Gasteiger partial charge is 0.0725 e. The topological polar surface area (TPSA) is 33.3 Å². The van der Waals surface area contributed by atoms with Crippen molar-refractivity contribution < 1.29 is 4.74 Å². The van der Waals surface area contributed by atoms with E-state index in [9.17, 15) is 0 Å². The minimum absolute atomic E-state index is 0.453. The first kappa shape index (κ1) is 12.0. The van der Waals surface area contributed by atoms with Gasteiger partial charge >= 0.3 is 0 Å². The van der Waals surface area contributed by atoms with Gasteiger partial charge in [0.05, 0.1) is 6.10 Å². The molecule has 0 bridgehead atoms. The Hall–Kier alpha value is -0.120. The van der Waals surface area contributed by atoms with Crippen LogP contribution in [0.1, 0.15) is 26.7 Å². The number of hydrogen-bond donors (Lipinski definition) is 2. The fourth-order valence-corrected chi connectivity index (χ4v) is 1.78. The van der Waals surface area contributed by atoms with E-state index in [1.54, 1.807) is 0 Å². The lowest BCUT2D eigenvalue weighted by Crippen LogP contribution is -2.31. The lowest BCUT2D eigenvalue weighted by atomic mass is 10.0. The van der Waals surface area contributed by atoms with Crippen LogP contribution >= 0.6 is 0 Å². The van der Waals surface area contributed by atoms with E-state index in [2.05, 4.69) is 24.5 Å². The van der Waals surface area contributed by atoms with Crippen LogP contribution in [0.15, 0.2) is 0 Å². The largest absolute Gasteiger partial charge is 0.377 e. The van der Waals surface area contributed by atoms with Gasteiger partial charge in [0, 0.05) is 13.2 Å². The third-order valence-electron chi connectivity index (χ3n) is 2.84. The van der Waals surface area contributed by atoms with E-state index in [1.807, 2.05) is 0 Å². The highest BCUT2D eigenvalue weighted by Gasteiger charge is 2.23. The molecule has 1 aliphatic rings. The summed E-state index contributed by atoms with van der Waals surface area (Å²) in [5, 5.41) is 6.77. The van der Waals surface area contributed by atoms with Gasteiger partial charge < -0.3 is 15.4 Å². The molecule has 0 spiro atoms. The van der Waals surface area contributed by atoms with Crippen molar-refractivity contribution in [3.63, 3.8) is 0 Å². The highest BCUT2D eigenvalue weighted by atomic mass is 16.5. The summed E-state index contributed by atoms with van der Waals surface area (Å²) in [6.07, 6.45) is 2.88. The summed E-state index contributed by atoms with van der Waals surface area (Å²) in [5.41, 5.74) is 0. The average molecular weight is 200 g/mol. The molecule has 0 saturated carbocycles. The van der Waals surface area contributed by atoms with Crippen LogP contribution in [-0.4, -0.2) is 38.9 Å². The first-order chi connectivity index (χ1) is 6.84. The molecule has 14 heavy (non-hydrogen) atoms.